The molecule has 0 saturated carbocycles. The molecule has 0 spiro atoms. The largest absolute Gasteiger partial charge is 0.416 e. The Morgan fingerprint density at radius 1 is 1.13 bits per heavy atom. The van der Waals surface area contributed by atoms with E-state index in [1.165, 1.54) is 12.1 Å². The number of hydrogen-bond acceptors (Lipinski definition) is 4. The number of hydrogen-bond donors (Lipinski definition) is 0. The monoisotopic (exact) mass is 430 g/mol. The quantitative estimate of drug-likeness (QED) is 0.605. The number of benzene rings is 1. The van der Waals surface area contributed by atoms with Crippen LogP contribution in [-0.2, 0) is 30.9 Å². The Hall–Kier alpha value is -2.71. The van der Waals surface area contributed by atoms with Gasteiger partial charge in [-0.1, -0.05) is 18.2 Å². The van der Waals surface area contributed by atoms with Crippen LogP contribution < -0.4 is 0 Å². The summed E-state index contributed by atoms with van der Waals surface area (Å²) in [5, 5.41) is 4.22. The fourth-order valence-corrected chi connectivity index (χ4v) is 3.97. The lowest BCUT2D eigenvalue weighted by atomic mass is 10.0. The minimum atomic E-state index is -4.34. The lowest BCUT2D eigenvalue weighted by molar-refractivity contribution is -0.137. The van der Waals surface area contributed by atoms with Crippen molar-refractivity contribution in [3.8, 4) is 0 Å². The van der Waals surface area contributed by atoms with E-state index in [2.05, 4.69) is 15.0 Å². The van der Waals surface area contributed by atoms with Gasteiger partial charge in [-0.2, -0.15) is 18.3 Å². The molecule has 2 aromatic heterocycles. The first-order chi connectivity index (χ1) is 14.8. The number of halogens is 3. The van der Waals surface area contributed by atoms with Crippen LogP contribution in [0.3, 0.4) is 0 Å². The van der Waals surface area contributed by atoms with Crippen molar-refractivity contribution in [3.63, 3.8) is 0 Å². The van der Waals surface area contributed by atoms with Crippen LogP contribution in [0, 0.1) is 6.92 Å². The Morgan fingerprint density at radius 2 is 1.97 bits per heavy atom. The van der Waals surface area contributed by atoms with E-state index in [1.54, 1.807) is 10.7 Å². The van der Waals surface area contributed by atoms with Crippen LogP contribution in [0.15, 0.2) is 48.8 Å². The number of ether oxygens (including phenoxy) is 1. The molecule has 4 rings (SSSR count). The van der Waals surface area contributed by atoms with E-state index in [0.717, 1.165) is 41.7 Å². The first-order valence-corrected chi connectivity index (χ1v) is 10.2. The Balaban J connectivity index is 1.49. The lowest BCUT2D eigenvalue weighted by Gasteiger charge is -2.32. The van der Waals surface area contributed by atoms with Crippen LogP contribution in [0.25, 0.3) is 0 Å². The summed E-state index contributed by atoms with van der Waals surface area (Å²) in [5.74, 6) is 0. The third kappa shape index (κ3) is 5.51. The van der Waals surface area contributed by atoms with Gasteiger partial charge in [0.2, 0.25) is 0 Å². The highest BCUT2D eigenvalue weighted by atomic mass is 19.4. The smallest absolute Gasteiger partial charge is 0.369 e. The highest BCUT2D eigenvalue weighted by Gasteiger charge is 2.30. The summed E-state index contributed by atoms with van der Waals surface area (Å²) >= 11 is 0. The van der Waals surface area contributed by atoms with Gasteiger partial charge in [-0.25, -0.2) is 0 Å². The van der Waals surface area contributed by atoms with Crippen molar-refractivity contribution < 1.29 is 17.9 Å². The van der Waals surface area contributed by atoms with E-state index in [-0.39, 0.29) is 6.10 Å². The van der Waals surface area contributed by atoms with Gasteiger partial charge in [0.15, 0.2) is 0 Å². The molecule has 1 aliphatic rings. The summed E-state index contributed by atoms with van der Waals surface area (Å²) in [4.78, 5) is 6.96. The van der Waals surface area contributed by atoms with E-state index >= 15 is 0 Å². The van der Waals surface area contributed by atoms with Crippen LogP contribution in [0.2, 0.25) is 0 Å². The van der Waals surface area contributed by atoms with Crippen molar-refractivity contribution in [3.05, 3.63) is 82.4 Å². The molecular weight excluding hydrogens is 405 g/mol. The van der Waals surface area contributed by atoms with Crippen molar-refractivity contribution in [2.45, 2.75) is 32.2 Å². The van der Waals surface area contributed by atoms with E-state index in [0.29, 0.717) is 25.1 Å². The molecule has 1 aliphatic heterocycles. The van der Waals surface area contributed by atoms with Gasteiger partial charge < -0.3 is 4.74 Å². The van der Waals surface area contributed by atoms with Crippen molar-refractivity contribution in [1.29, 1.82) is 0 Å². The molecule has 0 unspecified atom stereocenters. The molecule has 1 saturated heterocycles. The third-order valence-electron chi connectivity index (χ3n) is 5.34. The normalized spacial score (nSPS) is 17.8. The maximum atomic E-state index is 13.0. The molecule has 1 atom stereocenters. The summed E-state index contributed by atoms with van der Waals surface area (Å²) in [5.41, 5.74) is 3.71. The first kappa shape index (κ1) is 21.5. The average molecular weight is 430 g/mol. The molecule has 0 aliphatic carbocycles. The minimum Gasteiger partial charge on any atom is -0.369 e. The van der Waals surface area contributed by atoms with Gasteiger partial charge in [0.25, 0.3) is 0 Å². The van der Waals surface area contributed by atoms with Gasteiger partial charge in [0.05, 0.1) is 24.1 Å². The molecule has 0 amide bonds. The van der Waals surface area contributed by atoms with Crippen LogP contribution >= 0.6 is 0 Å². The second kappa shape index (κ2) is 8.80. The molecule has 3 aromatic rings. The van der Waals surface area contributed by atoms with Gasteiger partial charge in [-0.15, -0.1) is 0 Å². The highest BCUT2D eigenvalue weighted by molar-refractivity contribution is 5.32. The summed E-state index contributed by atoms with van der Waals surface area (Å²) < 4.78 is 46.9. The van der Waals surface area contributed by atoms with Gasteiger partial charge >= 0.3 is 6.18 Å². The predicted octanol–water partition coefficient (Wildman–Crippen LogP) is 4.31. The highest BCUT2D eigenvalue weighted by Crippen LogP contribution is 2.30. The topological polar surface area (TPSA) is 43.2 Å². The Morgan fingerprint density at radius 3 is 2.71 bits per heavy atom. The van der Waals surface area contributed by atoms with Crippen LogP contribution in [-0.4, -0.2) is 39.4 Å². The van der Waals surface area contributed by atoms with E-state index < -0.39 is 11.7 Å². The maximum absolute atomic E-state index is 13.0. The molecule has 8 heteroatoms. The lowest BCUT2D eigenvalue weighted by Crippen LogP contribution is -2.38. The Bertz CT molecular complexity index is 1050. The SMILES string of the molecule is Cc1cc(Cc2cccc(C(F)(F)F)c2)cc([C@@H]2CN(Cc3cnn(C)c3)CCO2)n1. The molecule has 0 radical (unpaired) electrons. The third-order valence-corrected chi connectivity index (χ3v) is 5.34. The number of morpholine rings is 1. The molecule has 1 aromatic carbocycles. The average Bonchev–Trinajstić information content (AvgIpc) is 3.12. The molecule has 31 heavy (non-hydrogen) atoms. The number of pyridine rings is 1. The zero-order valence-electron chi connectivity index (χ0n) is 17.6. The molecule has 0 bridgehead atoms. The van der Waals surface area contributed by atoms with Crippen molar-refractivity contribution in [1.82, 2.24) is 19.7 Å². The van der Waals surface area contributed by atoms with Crippen LogP contribution in [0.5, 0.6) is 0 Å². The van der Waals surface area contributed by atoms with Gasteiger partial charge in [0.1, 0.15) is 6.10 Å². The number of alkyl halides is 3. The number of aromatic nitrogens is 3. The molecule has 5 nitrogen and oxygen atoms in total. The standard InChI is InChI=1S/C23H25F3N4O/c1-16-8-18(9-17-4-3-5-20(10-17)23(24,25)26)11-21(28-16)22-15-30(6-7-31-22)14-19-12-27-29(2)13-19/h3-5,8,10-13,22H,6-7,9,14-15H2,1-2H3/t22-/m0/s1. The first-order valence-electron chi connectivity index (χ1n) is 10.2. The fraction of sp³-hybridized carbons (Fsp3) is 0.391. The Kier molecular flexibility index (Phi) is 6.11. The van der Waals surface area contributed by atoms with Gasteiger partial charge in [0, 0.05) is 44.1 Å². The fourth-order valence-electron chi connectivity index (χ4n) is 3.97. The van der Waals surface area contributed by atoms with Crippen LogP contribution in [0.1, 0.15) is 39.7 Å². The number of rotatable bonds is 5. The molecular formula is C23H25F3N4O. The van der Waals surface area contributed by atoms with E-state index in [1.807, 2.05) is 38.5 Å². The number of nitrogens with zero attached hydrogens (tertiary/aromatic N) is 4. The molecule has 164 valence electrons. The van der Waals surface area contributed by atoms with Crippen molar-refractivity contribution >= 4 is 0 Å². The second-order valence-corrected chi connectivity index (χ2v) is 8.03. The van der Waals surface area contributed by atoms with Gasteiger partial charge in [-0.05, 0) is 42.7 Å². The maximum Gasteiger partial charge on any atom is 0.416 e. The summed E-state index contributed by atoms with van der Waals surface area (Å²) in [7, 11) is 1.90. The zero-order valence-corrected chi connectivity index (χ0v) is 17.6. The molecule has 1 fully saturated rings. The zero-order chi connectivity index (χ0) is 22.0. The second-order valence-electron chi connectivity index (χ2n) is 8.03. The van der Waals surface area contributed by atoms with Gasteiger partial charge in [-0.3, -0.25) is 14.6 Å². The van der Waals surface area contributed by atoms with E-state index in [4.69, 9.17) is 4.74 Å². The van der Waals surface area contributed by atoms with Crippen molar-refractivity contribution in [2.75, 3.05) is 19.7 Å². The van der Waals surface area contributed by atoms with Crippen LogP contribution in [0.4, 0.5) is 13.2 Å². The summed E-state index contributed by atoms with van der Waals surface area (Å²) in [6.07, 6.45) is -0.244. The van der Waals surface area contributed by atoms with E-state index in [9.17, 15) is 13.2 Å². The molecule has 3 heterocycles. The minimum absolute atomic E-state index is 0.175. The predicted molar refractivity (Wildman–Crippen MR) is 110 cm³/mol. The molecule has 0 N–H and O–H groups in total. The van der Waals surface area contributed by atoms with Crippen molar-refractivity contribution in [2.24, 2.45) is 7.05 Å². The number of aryl methyl sites for hydroxylation is 2. The summed E-state index contributed by atoms with van der Waals surface area (Å²) in [6.45, 7) is 4.82. The summed E-state index contributed by atoms with van der Waals surface area (Å²) in [6, 6.07) is 9.35. The Labute approximate surface area is 179 Å².